The lowest BCUT2D eigenvalue weighted by molar-refractivity contribution is 0.372. The number of aliphatic imine (C=N–C) groups is 2. The van der Waals surface area contributed by atoms with Gasteiger partial charge in [-0.2, -0.15) is 0 Å². The van der Waals surface area contributed by atoms with Crippen LogP contribution in [0.4, 0.5) is 17.2 Å². The van der Waals surface area contributed by atoms with Gasteiger partial charge in [0.05, 0.1) is 23.2 Å². The van der Waals surface area contributed by atoms with Crippen LogP contribution < -0.4 is 21.1 Å². The molecule has 2 aromatic carbocycles. The second kappa shape index (κ2) is 7.69. The number of ether oxygens (including phenoxy) is 1. The molecule has 0 radical (unpaired) electrons. The first-order chi connectivity index (χ1) is 13.3. The van der Waals surface area contributed by atoms with Crippen LogP contribution in [-0.2, 0) is 6.42 Å². The van der Waals surface area contributed by atoms with Crippen molar-refractivity contribution in [2.24, 2.45) is 15.7 Å². The molecule has 1 aliphatic rings. The summed E-state index contributed by atoms with van der Waals surface area (Å²) in [6, 6.07) is 11.9. The first kappa shape index (κ1) is 16.8. The van der Waals surface area contributed by atoms with E-state index in [2.05, 4.69) is 42.7 Å². The lowest BCUT2D eigenvalue weighted by atomic mass is 10.1. The second-order valence-corrected chi connectivity index (χ2v) is 5.94. The van der Waals surface area contributed by atoms with Crippen LogP contribution in [0.3, 0.4) is 0 Å². The van der Waals surface area contributed by atoms with Gasteiger partial charge in [-0.15, -0.1) is 0 Å². The Morgan fingerprint density at radius 1 is 1.22 bits per heavy atom. The molecule has 0 unspecified atom stereocenters. The van der Waals surface area contributed by atoms with E-state index in [9.17, 15) is 0 Å². The summed E-state index contributed by atoms with van der Waals surface area (Å²) in [6.45, 7) is 1.28. The zero-order chi connectivity index (χ0) is 18.5. The Kier molecular flexibility index (Phi) is 4.78. The van der Waals surface area contributed by atoms with E-state index in [0.717, 1.165) is 46.8 Å². The third kappa shape index (κ3) is 3.79. The minimum Gasteiger partial charge on any atom is -0.471 e. The molecule has 8 nitrogen and oxygen atoms in total. The van der Waals surface area contributed by atoms with Crippen molar-refractivity contribution in [1.29, 1.82) is 0 Å². The van der Waals surface area contributed by atoms with Crippen molar-refractivity contribution in [3.05, 3.63) is 48.3 Å². The Morgan fingerprint density at radius 3 is 3.11 bits per heavy atom. The molecule has 0 bridgehead atoms. The van der Waals surface area contributed by atoms with Crippen molar-refractivity contribution in [1.82, 2.24) is 9.97 Å². The number of rotatable bonds is 6. The second-order valence-electron chi connectivity index (χ2n) is 5.94. The van der Waals surface area contributed by atoms with Crippen molar-refractivity contribution in [3.8, 4) is 5.75 Å². The summed E-state index contributed by atoms with van der Waals surface area (Å²) < 4.78 is 5.45. The number of aromatic nitrogens is 2. The predicted molar refractivity (Wildman–Crippen MR) is 108 cm³/mol. The fourth-order valence-electron chi connectivity index (χ4n) is 2.92. The lowest BCUT2D eigenvalue weighted by Gasteiger charge is -2.09. The third-order valence-corrected chi connectivity index (χ3v) is 4.22. The third-order valence-electron chi connectivity index (χ3n) is 4.22. The normalized spacial score (nSPS) is 13.0. The van der Waals surface area contributed by atoms with E-state index in [1.54, 1.807) is 6.33 Å². The van der Waals surface area contributed by atoms with E-state index in [1.165, 1.54) is 18.2 Å². The van der Waals surface area contributed by atoms with Crippen LogP contribution in [0, 0.1) is 0 Å². The van der Waals surface area contributed by atoms with Crippen LogP contribution >= 0.6 is 0 Å². The van der Waals surface area contributed by atoms with Crippen molar-refractivity contribution < 1.29 is 4.74 Å². The first-order valence-electron chi connectivity index (χ1n) is 8.57. The van der Waals surface area contributed by atoms with Gasteiger partial charge in [0.15, 0.2) is 6.73 Å². The number of benzene rings is 2. The molecule has 0 saturated heterocycles. The number of anilines is 2. The number of fused-ring (bicyclic) bond motifs is 2. The molecule has 1 aromatic heterocycles. The minimum atomic E-state index is 0.533. The van der Waals surface area contributed by atoms with Gasteiger partial charge in [0.25, 0.3) is 0 Å². The maximum absolute atomic E-state index is 5.45. The average Bonchev–Trinajstić information content (AvgIpc) is 3.16. The summed E-state index contributed by atoms with van der Waals surface area (Å²) >= 11 is 0. The molecule has 8 heteroatoms. The molecular weight excluding hydrogens is 342 g/mol. The van der Waals surface area contributed by atoms with Crippen LogP contribution in [-0.4, -0.2) is 35.9 Å². The molecule has 0 spiro atoms. The summed E-state index contributed by atoms with van der Waals surface area (Å²) in [7, 11) is 0. The molecule has 136 valence electrons. The van der Waals surface area contributed by atoms with Crippen molar-refractivity contribution >= 4 is 40.8 Å². The number of nitrogens with zero attached hydrogens (tertiary/aromatic N) is 4. The van der Waals surface area contributed by atoms with Gasteiger partial charge in [-0.05, 0) is 42.3 Å². The molecule has 0 fully saturated rings. The van der Waals surface area contributed by atoms with Crippen LogP contribution in [0.2, 0.25) is 0 Å². The van der Waals surface area contributed by atoms with Gasteiger partial charge in [-0.1, -0.05) is 6.07 Å². The fraction of sp³-hybridized carbons (Fsp3) is 0.158. The van der Waals surface area contributed by atoms with Gasteiger partial charge in [0, 0.05) is 11.9 Å². The van der Waals surface area contributed by atoms with Crippen molar-refractivity contribution in [2.75, 3.05) is 23.9 Å². The molecule has 27 heavy (non-hydrogen) atoms. The number of nitrogens with two attached hydrogens (primary N) is 1. The highest BCUT2D eigenvalue weighted by molar-refractivity contribution is 5.91. The highest BCUT2D eigenvalue weighted by Crippen LogP contribution is 2.30. The summed E-state index contributed by atoms with van der Waals surface area (Å²) in [5, 5.41) is 7.51. The monoisotopic (exact) mass is 361 g/mol. The predicted octanol–water partition coefficient (Wildman–Crippen LogP) is 2.69. The van der Waals surface area contributed by atoms with E-state index < -0.39 is 0 Å². The molecule has 0 saturated carbocycles. The Bertz CT molecular complexity index is 1020. The highest BCUT2D eigenvalue weighted by Gasteiger charge is 2.11. The van der Waals surface area contributed by atoms with Crippen LogP contribution in [0.25, 0.3) is 10.9 Å². The standard InChI is InChI=1S/C19H19N7O/c20-9-21-10-23-14-2-3-16-15(8-14)19(25-11-24-16)22-6-5-13-1-4-18-17(7-13)26-12-27-18/h1-4,7-11,26H,5-6,12H2,(H2,20,21,23)(H,22,24,25). The number of hydrogen-bond donors (Lipinski definition) is 3. The smallest absolute Gasteiger partial charge is 0.159 e. The van der Waals surface area contributed by atoms with Crippen LogP contribution in [0.15, 0.2) is 52.7 Å². The molecule has 3 aromatic rings. The highest BCUT2D eigenvalue weighted by atomic mass is 16.5. The van der Waals surface area contributed by atoms with Crippen molar-refractivity contribution in [2.45, 2.75) is 6.42 Å². The molecule has 0 aliphatic carbocycles. The van der Waals surface area contributed by atoms with E-state index in [1.807, 2.05) is 24.3 Å². The lowest BCUT2D eigenvalue weighted by Crippen LogP contribution is -2.07. The number of nitrogens with one attached hydrogen (secondary N) is 2. The molecule has 2 heterocycles. The molecular formula is C19H19N7O. The zero-order valence-corrected chi connectivity index (χ0v) is 14.6. The SMILES string of the molecule is NC=NC=Nc1ccc2ncnc(NCCc3ccc4c(c3)NCO4)c2c1. The average molecular weight is 361 g/mol. The van der Waals surface area contributed by atoms with Gasteiger partial charge in [0.1, 0.15) is 24.2 Å². The molecule has 0 amide bonds. The van der Waals surface area contributed by atoms with Crippen LogP contribution in [0.5, 0.6) is 5.75 Å². The summed E-state index contributed by atoms with van der Waals surface area (Å²) in [5.74, 6) is 1.68. The maximum atomic E-state index is 5.45. The minimum absolute atomic E-state index is 0.533. The van der Waals surface area contributed by atoms with Gasteiger partial charge < -0.3 is 21.1 Å². The molecule has 4 N–H and O–H groups in total. The van der Waals surface area contributed by atoms with Crippen molar-refractivity contribution in [3.63, 3.8) is 0 Å². The Balaban J connectivity index is 1.48. The van der Waals surface area contributed by atoms with E-state index in [0.29, 0.717) is 6.73 Å². The van der Waals surface area contributed by atoms with E-state index in [4.69, 9.17) is 10.5 Å². The molecule has 0 atom stereocenters. The van der Waals surface area contributed by atoms with E-state index >= 15 is 0 Å². The first-order valence-corrected chi connectivity index (χ1v) is 8.57. The molecule has 4 rings (SSSR count). The summed E-state index contributed by atoms with van der Waals surface area (Å²) in [6.07, 6.45) is 5.03. The zero-order valence-electron chi connectivity index (χ0n) is 14.6. The topological polar surface area (TPSA) is 110 Å². The summed E-state index contributed by atoms with van der Waals surface area (Å²) in [4.78, 5) is 16.7. The van der Waals surface area contributed by atoms with Gasteiger partial charge in [-0.25, -0.2) is 20.0 Å². The quantitative estimate of drug-likeness (QED) is 0.460. The van der Waals surface area contributed by atoms with Gasteiger partial charge in [0.2, 0.25) is 0 Å². The Labute approximate surface area is 156 Å². The van der Waals surface area contributed by atoms with Gasteiger partial charge >= 0.3 is 0 Å². The fourth-order valence-corrected chi connectivity index (χ4v) is 2.92. The summed E-state index contributed by atoms with van der Waals surface area (Å²) in [5.41, 5.74) is 9.10. The largest absolute Gasteiger partial charge is 0.471 e. The number of hydrogen-bond acceptors (Lipinski definition) is 6. The Morgan fingerprint density at radius 2 is 2.19 bits per heavy atom. The van der Waals surface area contributed by atoms with Crippen LogP contribution in [0.1, 0.15) is 5.56 Å². The van der Waals surface area contributed by atoms with E-state index in [-0.39, 0.29) is 0 Å². The van der Waals surface area contributed by atoms with Gasteiger partial charge in [-0.3, -0.25) is 0 Å². The molecule has 1 aliphatic heterocycles. The Hall–Kier alpha value is -3.68. The maximum Gasteiger partial charge on any atom is 0.159 e.